The number of nitrogens with one attached hydrogen (secondary N) is 2. The predicted octanol–water partition coefficient (Wildman–Crippen LogP) is 2.13. The zero-order valence-electron chi connectivity index (χ0n) is 11.2. The molecular formula is C12H20BrN5S. The van der Waals surface area contributed by atoms with Gasteiger partial charge in [-0.2, -0.15) is 11.8 Å². The number of rotatable bonds is 6. The molecule has 1 aliphatic rings. The van der Waals surface area contributed by atoms with Crippen molar-refractivity contribution in [3.63, 3.8) is 0 Å². The largest absolute Gasteiger partial charge is 0.369 e. The molecule has 19 heavy (non-hydrogen) atoms. The van der Waals surface area contributed by atoms with Crippen molar-refractivity contribution in [1.29, 1.82) is 0 Å². The first kappa shape index (κ1) is 14.9. The molecule has 0 atom stereocenters. The lowest BCUT2D eigenvalue weighted by Crippen LogP contribution is -2.36. The van der Waals surface area contributed by atoms with Crippen molar-refractivity contribution in [3.8, 4) is 0 Å². The maximum absolute atomic E-state index is 4.27. The van der Waals surface area contributed by atoms with Crippen LogP contribution < -0.4 is 10.6 Å². The maximum atomic E-state index is 4.27. The summed E-state index contributed by atoms with van der Waals surface area (Å²) in [6.07, 6.45) is 1.59. The van der Waals surface area contributed by atoms with Crippen molar-refractivity contribution in [1.82, 2.24) is 14.9 Å². The molecule has 2 rings (SSSR count). The van der Waals surface area contributed by atoms with Gasteiger partial charge in [-0.05, 0) is 22.9 Å². The molecule has 1 fully saturated rings. The Morgan fingerprint density at radius 2 is 1.95 bits per heavy atom. The second kappa shape index (κ2) is 7.91. The molecule has 0 radical (unpaired) electrons. The van der Waals surface area contributed by atoms with Crippen molar-refractivity contribution in [3.05, 3.63) is 10.8 Å². The van der Waals surface area contributed by atoms with E-state index in [-0.39, 0.29) is 0 Å². The van der Waals surface area contributed by atoms with E-state index in [4.69, 9.17) is 0 Å². The average Bonchev–Trinajstić information content (AvgIpc) is 2.44. The number of hydrogen-bond acceptors (Lipinski definition) is 6. The molecular weight excluding hydrogens is 326 g/mol. The molecule has 1 saturated heterocycles. The summed E-state index contributed by atoms with van der Waals surface area (Å²) in [6, 6.07) is 0. The van der Waals surface area contributed by atoms with E-state index in [1.807, 2.05) is 11.8 Å². The van der Waals surface area contributed by atoms with E-state index in [0.29, 0.717) is 0 Å². The fraction of sp³-hybridized carbons (Fsp3) is 0.667. The van der Waals surface area contributed by atoms with Crippen LogP contribution in [-0.4, -0.2) is 59.1 Å². The van der Waals surface area contributed by atoms with Crippen molar-refractivity contribution < 1.29 is 0 Å². The normalized spacial score (nSPS) is 16.3. The second-order valence-electron chi connectivity index (χ2n) is 4.30. The van der Waals surface area contributed by atoms with Crippen LogP contribution in [0.25, 0.3) is 0 Å². The van der Waals surface area contributed by atoms with E-state index in [1.165, 1.54) is 24.6 Å². The van der Waals surface area contributed by atoms with E-state index < -0.39 is 0 Å². The highest BCUT2D eigenvalue weighted by Crippen LogP contribution is 2.26. The predicted molar refractivity (Wildman–Crippen MR) is 86.2 cm³/mol. The van der Waals surface area contributed by atoms with Gasteiger partial charge >= 0.3 is 0 Å². The second-order valence-corrected chi connectivity index (χ2v) is 6.31. The van der Waals surface area contributed by atoms with Gasteiger partial charge < -0.3 is 10.6 Å². The third-order valence-electron chi connectivity index (χ3n) is 2.96. The fourth-order valence-electron chi connectivity index (χ4n) is 1.94. The van der Waals surface area contributed by atoms with Crippen LogP contribution in [-0.2, 0) is 0 Å². The van der Waals surface area contributed by atoms with E-state index in [9.17, 15) is 0 Å². The van der Waals surface area contributed by atoms with E-state index in [2.05, 4.69) is 48.4 Å². The Morgan fingerprint density at radius 1 is 1.26 bits per heavy atom. The molecule has 2 N–H and O–H groups in total. The van der Waals surface area contributed by atoms with Gasteiger partial charge in [0.25, 0.3) is 0 Å². The molecule has 0 aromatic carbocycles. The average molecular weight is 346 g/mol. The minimum atomic E-state index is 0.842. The molecule has 2 heterocycles. The summed E-state index contributed by atoms with van der Waals surface area (Å²) < 4.78 is 0.908. The molecule has 0 aliphatic carbocycles. The van der Waals surface area contributed by atoms with Gasteiger partial charge in [0.1, 0.15) is 22.4 Å². The Labute approximate surface area is 127 Å². The lowest BCUT2D eigenvalue weighted by atomic mass is 10.4. The Balaban J connectivity index is 1.83. The van der Waals surface area contributed by atoms with Gasteiger partial charge in [-0.15, -0.1) is 0 Å². The molecule has 0 spiro atoms. The van der Waals surface area contributed by atoms with E-state index in [0.717, 1.165) is 35.7 Å². The first-order valence-corrected chi connectivity index (χ1v) is 8.54. The van der Waals surface area contributed by atoms with Crippen LogP contribution in [0, 0.1) is 0 Å². The van der Waals surface area contributed by atoms with Crippen LogP contribution in [0.1, 0.15) is 6.92 Å². The third kappa shape index (κ3) is 4.50. The van der Waals surface area contributed by atoms with Gasteiger partial charge in [0.05, 0.1) is 0 Å². The minimum absolute atomic E-state index is 0.842. The summed E-state index contributed by atoms with van der Waals surface area (Å²) in [5, 5.41) is 6.58. The van der Waals surface area contributed by atoms with Crippen LogP contribution in [0.5, 0.6) is 0 Å². The van der Waals surface area contributed by atoms with Crippen LogP contribution >= 0.6 is 27.7 Å². The summed E-state index contributed by atoms with van der Waals surface area (Å²) in [5.74, 6) is 4.20. The molecule has 1 aromatic rings. The minimum Gasteiger partial charge on any atom is -0.369 e. The van der Waals surface area contributed by atoms with Crippen LogP contribution in [0.3, 0.4) is 0 Å². The molecule has 106 valence electrons. The van der Waals surface area contributed by atoms with Gasteiger partial charge in [0.15, 0.2) is 0 Å². The Bertz CT molecular complexity index is 398. The lowest BCUT2D eigenvalue weighted by molar-refractivity contribution is 0.314. The highest BCUT2D eigenvalue weighted by atomic mass is 79.9. The number of thioether (sulfide) groups is 1. The van der Waals surface area contributed by atoms with Crippen molar-refractivity contribution in [2.75, 3.05) is 54.9 Å². The zero-order valence-corrected chi connectivity index (χ0v) is 13.6. The molecule has 0 unspecified atom stereocenters. The van der Waals surface area contributed by atoms with Crippen molar-refractivity contribution in [2.24, 2.45) is 0 Å². The maximum Gasteiger partial charge on any atom is 0.145 e. The number of halogens is 1. The SMILES string of the molecule is CCNc1ncnc(NCCN2CCSCC2)c1Br. The molecule has 1 aliphatic heterocycles. The topological polar surface area (TPSA) is 53.1 Å². The summed E-state index contributed by atoms with van der Waals surface area (Å²) >= 11 is 5.58. The summed E-state index contributed by atoms with van der Waals surface area (Å²) in [6.45, 7) is 7.26. The number of hydrogen-bond donors (Lipinski definition) is 2. The smallest absolute Gasteiger partial charge is 0.145 e. The highest BCUT2D eigenvalue weighted by Gasteiger charge is 2.11. The molecule has 1 aromatic heterocycles. The van der Waals surface area contributed by atoms with Crippen LogP contribution in [0.4, 0.5) is 11.6 Å². The zero-order chi connectivity index (χ0) is 13.5. The molecule has 7 heteroatoms. The van der Waals surface area contributed by atoms with E-state index >= 15 is 0 Å². The number of nitrogens with zero attached hydrogens (tertiary/aromatic N) is 3. The molecule has 0 bridgehead atoms. The fourth-order valence-corrected chi connectivity index (χ4v) is 3.40. The number of aromatic nitrogens is 2. The Morgan fingerprint density at radius 3 is 2.63 bits per heavy atom. The number of anilines is 2. The van der Waals surface area contributed by atoms with Gasteiger partial charge in [0.2, 0.25) is 0 Å². The van der Waals surface area contributed by atoms with Crippen LogP contribution in [0.15, 0.2) is 10.8 Å². The standard InChI is InChI=1S/C12H20BrN5S/c1-2-14-11-10(13)12(17-9-16-11)15-3-4-18-5-7-19-8-6-18/h9H,2-8H2,1H3,(H2,14,15,16,17). The van der Waals surface area contributed by atoms with Gasteiger partial charge in [-0.25, -0.2) is 9.97 Å². The third-order valence-corrected chi connectivity index (χ3v) is 4.65. The lowest BCUT2D eigenvalue weighted by Gasteiger charge is -2.26. The summed E-state index contributed by atoms with van der Waals surface area (Å²) in [7, 11) is 0. The first-order chi connectivity index (χ1) is 9.31. The summed E-state index contributed by atoms with van der Waals surface area (Å²) in [5.41, 5.74) is 0. The van der Waals surface area contributed by atoms with Gasteiger partial charge in [0, 0.05) is 44.2 Å². The highest BCUT2D eigenvalue weighted by molar-refractivity contribution is 9.10. The van der Waals surface area contributed by atoms with Crippen LogP contribution in [0.2, 0.25) is 0 Å². The van der Waals surface area contributed by atoms with Crippen molar-refractivity contribution in [2.45, 2.75) is 6.92 Å². The van der Waals surface area contributed by atoms with Gasteiger partial charge in [-0.1, -0.05) is 0 Å². The first-order valence-electron chi connectivity index (χ1n) is 6.59. The summed E-state index contributed by atoms with van der Waals surface area (Å²) in [4.78, 5) is 11.0. The Kier molecular flexibility index (Phi) is 6.19. The molecule has 5 nitrogen and oxygen atoms in total. The molecule has 0 amide bonds. The quantitative estimate of drug-likeness (QED) is 0.823. The Hall–Kier alpha value is -0.530. The van der Waals surface area contributed by atoms with Gasteiger partial charge in [-0.3, -0.25) is 4.90 Å². The van der Waals surface area contributed by atoms with E-state index in [1.54, 1.807) is 6.33 Å². The molecule has 0 saturated carbocycles. The monoisotopic (exact) mass is 345 g/mol. The van der Waals surface area contributed by atoms with Crippen molar-refractivity contribution >= 4 is 39.3 Å².